The van der Waals surface area contributed by atoms with E-state index in [9.17, 15) is 4.79 Å². The van der Waals surface area contributed by atoms with Crippen LogP contribution in [0.25, 0.3) is 0 Å². The average Bonchev–Trinajstić information content (AvgIpc) is 2.56. The summed E-state index contributed by atoms with van der Waals surface area (Å²) < 4.78 is 10.2. The van der Waals surface area contributed by atoms with E-state index in [-0.39, 0.29) is 17.0 Å². The number of hydrogen-bond acceptors (Lipinski definition) is 4. The van der Waals surface area contributed by atoms with E-state index in [1.165, 1.54) is 18.9 Å². The lowest BCUT2D eigenvalue weighted by molar-refractivity contribution is -0.137. The van der Waals surface area contributed by atoms with Crippen molar-refractivity contribution in [3.8, 4) is 5.75 Å². The second kappa shape index (κ2) is 8.11. The summed E-state index contributed by atoms with van der Waals surface area (Å²) in [5.41, 5.74) is 2.02. The zero-order valence-electron chi connectivity index (χ0n) is 12.4. The highest BCUT2D eigenvalue weighted by Gasteiger charge is 2.20. The predicted molar refractivity (Wildman–Crippen MR) is 90.8 cm³/mol. The highest BCUT2D eigenvalue weighted by Crippen LogP contribution is 2.41. The van der Waals surface area contributed by atoms with E-state index in [4.69, 9.17) is 21.1 Å². The predicted octanol–water partition coefficient (Wildman–Crippen LogP) is 4.34. The fourth-order valence-corrected chi connectivity index (χ4v) is 3.43. The van der Waals surface area contributed by atoms with Gasteiger partial charge in [-0.25, -0.2) is 0 Å². The minimum atomic E-state index is -0.257. The van der Waals surface area contributed by atoms with Crippen molar-refractivity contribution in [3.05, 3.63) is 64.7 Å². The van der Waals surface area contributed by atoms with Gasteiger partial charge in [-0.1, -0.05) is 41.9 Å². The zero-order chi connectivity index (χ0) is 15.9. The third-order valence-corrected chi connectivity index (χ3v) is 4.67. The van der Waals surface area contributed by atoms with Crippen LogP contribution in [0.5, 0.6) is 5.75 Å². The lowest BCUT2D eigenvalue weighted by Gasteiger charge is -2.20. The van der Waals surface area contributed by atoms with E-state index in [0.29, 0.717) is 5.02 Å². The maximum atomic E-state index is 11.5. The Morgan fingerprint density at radius 2 is 1.91 bits per heavy atom. The molecule has 0 fully saturated rings. The van der Waals surface area contributed by atoms with E-state index in [1.54, 1.807) is 13.2 Å². The van der Waals surface area contributed by atoms with E-state index >= 15 is 0 Å². The summed E-state index contributed by atoms with van der Waals surface area (Å²) in [4.78, 5) is 11.5. The molecule has 1 unspecified atom stereocenters. The number of thioether (sulfide) groups is 1. The second-order valence-corrected chi connectivity index (χ2v) is 6.09. The molecule has 0 radical (unpaired) electrons. The molecule has 3 nitrogen and oxygen atoms in total. The van der Waals surface area contributed by atoms with Gasteiger partial charge in [0.25, 0.3) is 0 Å². The molecule has 0 aliphatic rings. The molecule has 0 spiro atoms. The lowest BCUT2D eigenvalue weighted by Crippen LogP contribution is -2.07. The third-order valence-electron chi connectivity index (χ3n) is 3.17. The van der Waals surface area contributed by atoms with Gasteiger partial charge in [-0.2, -0.15) is 0 Å². The van der Waals surface area contributed by atoms with Gasteiger partial charge in [0.15, 0.2) is 0 Å². The summed E-state index contributed by atoms with van der Waals surface area (Å²) in [7, 11) is 3.01. The Morgan fingerprint density at radius 3 is 2.55 bits per heavy atom. The first-order chi connectivity index (χ1) is 10.7. The van der Waals surface area contributed by atoms with Gasteiger partial charge in [-0.3, -0.25) is 4.79 Å². The molecule has 0 aliphatic carbocycles. The topological polar surface area (TPSA) is 35.5 Å². The van der Waals surface area contributed by atoms with Crippen molar-refractivity contribution in [2.24, 2.45) is 0 Å². The van der Waals surface area contributed by atoms with Crippen LogP contribution in [-0.4, -0.2) is 25.9 Å². The van der Waals surface area contributed by atoms with Gasteiger partial charge in [0.05, 0.1) is 25.2 Å². The first-order valence-corrected chi connectivity index (χ1v) is 8.15. The van der Waals surface area contributed by atoms with Crippen LogP contribution < -0.4 is 4.74 Å². The van der Waals surface area contributed by atoms with Crippen LogP contribution in [0.3, 0.4) is 0 Å². The molecule has 0 heterocycles. The van der Waals surface area contributed by atoms with Crippen LogP contribution in [0, 0.1) is 0 Å². The molecule has 0 amide bonds. The first-order valence-electron chi connectivity index (χ1n) is 6.72. The SMILES string of the molecule is COC(=O)CSC(c1ccccc1)c1cc(Cl)ccc1OC. The van der Waals surface area contributed by atoms with Crippen molar-refractivity contribution < 1.29 is 14.3 Å². The van der Waals surface area contributed by atoms with E-state index < -0.39 is 0 Å². The molecular weight excluding hydrogens is 320 g/mol. The Hall–Kier alpha value is -1.65. The minimum absolute atomic E-state index is 0.0612. The molecule has 1 atom stereocenters. The molecule has 2 aromatic rings. The summed E-state index contributed by atoms with van der Waals surface area (Å²) >= 11 is 7.62. The van der Waals surface area contributed by atoms with Crippen molar-refractivity contribution >= 4 is 29.3 Å². The minimum Gasteiger partial charge on any atom is -0.496 e. The number of esters is 1. The second-order valence-electron chi connectivity index (χ2n) is 4.56. The van der Waals surface area contributed by atoms with Gasteiger partial charge in [0.2, 0.25) is 0 Å². The van der Waals surface area contributed by atoms with Crippen LogP contribution in [-0.2, 0) is 9.53 Å². The quantitative estimate of drug-likeness (QED) is 0.735. The van der Waals surface area contributed by atoms with Gasteiger partial charge < -0.3 is 9.47 Å². The van der Waals surface area contributed by atoms with Crippen LogP contribution in [0.15, 0.2) is 48.5 Å². The summed E-state index contributed by atoms with van der Waals surface area (Å²) in [6.45, 7) is 0. The monoisotopic (exact) mass is 336 g/mol. The zero-order valence-corrected chi connectivity index (χ0v) is 14.0. The number of halogens is 1. The smallest absolute Gasteiger partial charge is 0.315 e. The highest BCUT2D eigenvalue weighted by molar-refractivity contribution is 8.00. The molecule has 116 valence electrons. The van der Waals surface area contributed by atoms with Crippen molar-refractivity contribution in [3.63, 3.8) is 0 Å². The molecule has 2 rings (SSSR count). The van der Waals surface area contributed by atoms with Crippen molar-refractivity contribution in [2.75, 3.05) is 20.0 Å². The number of rotatable bonds is 6. The molecule has 2 aromatic carbocycles. The van der Waals surface area contributed by atoms with E-state index in [1.807, 2.05) is 42.5 Å². The third kappa shape index (κ3) is 4.18. The Morgan fingerprint density at radius 1 is 1.18 bits per heavy atom. The molecule has 0 saturated heterocycles. The van der Waals surface area contributed by atoms with Gasteiger partial charge in [-0.15, -0.1) is 11.8 Å². The van der Waals surface area contributed by atoms with Gasteiger partial charge in [0.1, 0.15) is 5.75 Å². The molecule has 22 heavy (non-hydrogen) atoms. The summed E-state index contributed by atoms with van der Waals surface area (Å²) in [6.07, 6.45) is 0. The average molecular weight is 337 g/mol. The van der Waals surface area contributed by atoms with Crippen molar-refractivity contribution in [1.82, 2.24) is 0 Å². The number of benzene rings is 2. The summed E-state index contributed by atoms with van der Waals surface area (Å²) in [6, 6.07) is 15.5. The highest BCUT2D eigenvalue weighted by atomic mass is 35.5. The maximum Gasteiger partial charge on any atom is 0.315 e. The number of ether oxygens (including phenoxy) is 2. The molecule has 0 bridgehead atoms. The Bertz CT molecular complexity index is 631. The van der Waals surface area contributed by atoms with Crippen LogP contribution >= 0.6 is 23.4 Å². The van der Waals surface area contributed by atoms with E-state index in [2.05, 4.69) is 0 Å². The number of methoxy groups -OCH3 is 2. The Labute approximate surface area is 139 Å². The molecule has 0 aromatic heterocycles. The molecule has 0 aliphatic heterocycles. The van der Waals surface area contributed by atoms with Gasteiger partial charge >= 0.3 is 5.97 Å². The lowest BCUT2D eigenvalue weighted by atomic mass is 10.0. The fraction of sp³-hybridized carbons (Fsp3) is 0.235. The standard InChI is InChI=1S/C17H17ClO3S/c1-20-15-9-8-13(18)10-14(15)17(22-11-16(19)21-2)12-6-4-3-5-7-12/h3-10,17H,11H2,1-2H3. The molecule has 0 saturated carbocycles. The molecular formula is C17H17ClO3S. The number of carbonyl (C=O) groups is 1. The fourth-order valence-electron chi connectivity index (χ4n) is 2.11. The molecule has 0 N–H and O–H groups in total. The van der Waals surface area contributed by atoms with Gasteiger partial charge in [0, 0.05) is 10.6 Å². The van der Waals surface area contributed by atoms with Crippen LogP contribution in [0.2, 0.25) is 5.02 Å². The van der Waals surface area contributed by atoms with Crippen LogP contribution in [0.1, 0.15) is 16.4 Å². The van der Waals surface area contributed by atoms with E-state index in [0.717, 1.165) is 16.9 Å². The normalized spacial score (nSPS) is 11.8. The maximum absolute atomic E-state index is 11.5. The Kier molecular flexibility index (Phi) is 6.16. The van der Waals surface area contributed by atoms with Gasteiger partial charge in [-0.05, 0) is 23.8 Å². The van der Waals surface area contributed by atoms with Crippen molar-refractivity contribution in [2.45, 2.75) is 5.25 Å². The first kappa shape index (κ1) is 16.7. The summed E-state index contributed by atoms with van der Waals surface area (Å²) in [5.74, 6) is 0.744. The van der Waals surface area contributed by atoms with Crippen molar-refractivity contribution in [1.29, 1.82) is 0 Å². The molecule has 5 heteroatoms. The largest absolute Gasteiger partial charge is 0.496 e. The Balaban J connectivity index is 2.40. The number of hydrogen-bond donors (Lipinski definition) is 0. The summed E-state index contributed by atoms with van der Waals surface area (Å²) in [5, 5.41) is 0.573. The van der Waals surface area contributed by atoms with Crippen LogP contribution in [0.4, 0.5) is 0 Å². The number of carbonyl (C=O) groups excluding carboxylic acids is 1.